The summed E-state index contributed by atoms with van der Waals surface area (Å²) in [6, 6.07) is 0. The van der Waals surface area contributed by atoms with Gasteiger partial charge in [0.1, 0.15) is 17.9 Å². The van der Waals surface area contributed by atoms with E-state index >= 15 is 0 Å². The minimum Gasteiger partial charge on any atom is -0.300 e. The molecule has 0 aromatic carbocycles. The van der Waals surface area contributed by atoms with Crippen LogP contribution in [0.4, 0.5) is 0 Å². The van der Waals surface area contributed by atoms with Crippen LogP contribution in [-0.4, -0.2) is 25.9 Å². The van der Waals surface area contributed by atoms with Crippen LogP contribution in [0.2, 0.25) is 0 Å². The number of carbonyl (C=O) groups excluding carboxylic acids is 1. The summed E-state index contributed by atoms with van der Waals surface area (Å²) in [5.41, 5.74) is 0. The Morgan fingerprint density at radius 1 is 1.50 bits per heavy atom. The lowest BCUT2D eigenvalue weighted by atomic mass is 10.1. The largest absolute Gasteiger partial charge is 0.300 e. The lowest BCUT2D eigenvalue weighted by Crippen LogP contribution is -2.08. The summed E-state index contributed by atoms with van der Waals surface area (Å²) in [7, 11) is 0. The van der Waals surface area contributed by atoms with Gasteiger partial charge in [-0.25, -0.2) is 4.98 Å². The van der Waals surface area contributed by atoms with Crippen LogP contribution in [0.3, 0.4) is 0 Å². The number of ketones is 1. The molecule has 1 aromatic rings. The molecular weight excluding hydrogens is 270 g/mol. The molecule has 0 fully saturated rings. The van der Waals surface area contributed by atoms with Crippen molar-refractivity contribution in [3.8, 4) is 0 Å². The molecule has 0 bridgehead atoms. The van der Waals surface area contributed by atoms with Gasteiger partial charge >= 0.3 is 0 Å². The number of Topliss-reactive ketones (excluding diaryl/α,β-unsaturated/α-hetero) is 1. The smallest absolute Gasteiger partial charge is 0.138 e. The van der Waals surface area contributed by atoms with Crippen LogP contribution in [0, 0.1) is 0 Å². The monoisotopic (exact) mass is 287 g/mol. The van der Waals surface area contributed by atoms with E-state index in [1.165, 1.54) is 0 Å². The van der Waals surface area contributed by atoms with Crippen molar-refractivity contribution in [2.24, 2.45) is 0 Å². The average molecular weight is 288 g/mol. The number of nitrogens with zero attached hydrogens (tertiary/aromatic N) is 3. The molecule has 5 heteroatoms. The van der Waals surface area contributed by atoms with Gasteiger partial charge in [-0.3, -0.25) is 9.48 Å². The van der Waals surface area contributed by atoms with Crippen molar-refractivity contribution >= 4 is 21.7 Å². The van der Waals surface area contributed by atoms with E-state index in [0.717, 1.165) is 30.5 Å². The Labute approximate surface area is 105 Å². The van der Waals surface area contributed by atoms with Crippen LogP contribution >= 0.6 is 15.9 Å². The van der Waals surface area contributed by atoms with E-state index in [1.54, 1.807) is 6.33 Å². The number of rotatable bonds is 8. The standard InChI is InChI=1S/C11H18BrN3O/c1-2-8-15-11(13-9-14-15)6-5-10(16)4-3-7-12/h9H,2-8H2,1H3. The Morgan fingerprint density at radius 2 is 2.31 bits per heavy atom. The van der Waals surface area contributed by atoms with Gasteiger partial charge in [0.15, 0.2) is 0 Å². The number of hydrogen-bond acceptors (Lipinski definition) is 3. The third kappa shape index (κ3) is 4.43. The Balaban J connectivity index is 2.35. The van der Waals surface area contributed by atoms with Crippen molar-refractivity contribution in [2.45, 2.75) is 45.6 Å². The van der Waals surface area contributed by atoms with Crippen molar-refractivity contribution in [1.82, 2.24) is 14.8 Å². The zero-order valence-corrected chi connectivity index (χ0v) is 11.2. The number of hydrogen-bond donors (Lipinski definition) is 0. The fourth-order valence-corrected chi connectivity index (χ4v) is 1.80. The molecule has 4 nitrogen and oxygen atoms in total. The molecule has 0 aliphatic carbocycles. The number of carbonyl (C=O) groups is 1. The van der Waals surface area contributed by atoms with Crippen molar-refractivity contribution < 1.29 is 4.79 Å². The number of aryl methyl sites for hydroxylation is 2. The van der Waals surface area contributed by atoms with E-state index in [4.69, 9.17) is 0 Å². The first-order chi connectivity index (χ1) is 7.77. The first-order valence-electron chi connectivity index (χ1n) is 5.72. The minimum absolute atomic E-state index is 0.311. The van der Waals surface area contributed by atoms with Crippen LogP contribution < -0.4 is 0 Å². The van der Waals surface area contributed by atoms with Crippen molar-refractivity contribution in [3.63, 3.8) is 0 Å². The predicted molar refractivity (Wildman–Crippen MR) is 66.7 cm³/mol. The highest BCUT2D eigenvalue weighted by atomic mass is 79.9. The molecule has 90 valence electrons. The number of alkyl halides is 1. The van der Waals surface area contributed by atoms with Crippen LogP contribution in [0.25, 0.3) is 0 Å². The molecule has 0 radical (unpaired) electrons. The minimum atomic E-state index is 0.311. The molecule has 0 N–H and O–H groups in total. The Kier molecular flexibility index (Phi) is 6.30. The lowest BCUT2D eigenvalue weighted by Gasteiger charge is -2.03. The molecule has 0 unspecified atom stereocenters. The second-order valence-electron chi connectivity index (χ2n) is 3.73. The highest BCUT2D eigenvalue weighted by Crippen LogP contribution is 2.04. The number of halogens is 1. The molecule has 0 saturated carbocycles. The van der Waals surface area contributed by atoms with Gasteiger partial charge in [-0.05, 0) is 12.8 Å². The van der Waals surface area contributed by atoms with Gasteiger partial charge < -0.3 is 0 Å². The van der Waals surface area contributed by atoms with Crippen molar-refractivity contribution in [2.75, 3.05) is 5.33 Å². The molecule has 1 aromatic heterocycles. The summed E-state index contributed by atoms with van der Waals surface area (Å²) >= 11 is 3.32. The Bertz CT molecular complexity index is 325. The summed E-state index contributed by atoms with van der Waals surface area (Å²) < 4.78 is 1.89. The molecule has 0 amide bonds. The van der Waals surface area contributed by atoms with Gasteiger partial charge in [-0.2, -0.15) is 5.10 Å². The fraction of sp³-hybridized carbons (Fsp3) is 0.727. The van der Waals surface area contributed by atoms with E-state index in [1.807, 2.05) is 4.68 Å². The Hall–Kier alpha value is -0.710. The third-order valence-corrected chi connectivity index (χ3v) is 2.91. The van der Waals surface area contributed by atoms with Crippen molar-refractivity contribution in [1.29, 1.82) is 0 Å². The molecule has 1 rings (SSSR count). The Morgan fingerprint density at radius 3 is 3.00 bits per heavy atom. The summed E-state index contributed by atoms with van der Waals surface area (Å²) in [4.78, 5) is 15.7. The molecule has 16 heavy (non-hydrogen) atoms. The SMILES string of the molecule is CCCn1ncnc1CCC(=O)CCCBr. The summed E-state index contributed by atoms with van der Waals surface area (Å²) in [5, 5.41) is 5.03. The zero-order valence-electron chi connectivity index (χ0n) is 9.65. The second kappa shape index (κ2) is 7.54. The van der Waals surface area contributed by atoms with Crippen LogP contribution in [0.1, 0.15) is 38.4 Å². The molecule has 0 aliphatic rings. The van der Waals surface area contributed by atoms with Crippen LogP contribution in [-0.2, 0) is 17.8 Å². The van der Waals surface area contributed by atoms with Gasteiger partial charge in [0.05, 0.1) is 0 Å². The van der Waals surface area contributed by atoms with Crippen LogP contribution in [0.15, 0.2) is 6.33 Å². The first-order valence-corrected chi connectivity index (χ1v) is 6.84. The zero-order chi connectivity index (χ0) is 11.8. The van der Waals surface area contributed by atoms with E-state index in [2.05, 4.69) is 32.9 Å². The maximum Gasteiger partial charge on any atom is 0.138 e. The highest BCUT2D eigenvalue weighted by Gasteiger charge is 2.07. The van der Waals surface area contributed by atoms with Gasteiger partial charge in [-0.1, -0.05) is 22.9 Å². The summed E-state index contributed by atoms with van der Waals surface area (Å²) in [5.74, 6) is 1.24. The van der Waals surface area contributed by atoms with Crippen molar-refractivity contribution in [3.05, 3.63) is 12.2 Å². The second-order valence-corrected chi connectivity index (χ2v) is 4.52. The maximum absolute atomic E-state index is 11.5. The topological polar surface area (TPSA) is 47.8 Å². The normalized spacial score (nSPS) is 10.6. The quantitative estimate of drug-likeness (QED) is 0.690. The van der Waals surface area contributed by atoms with Gasteiger partial charge in [0, 0.05) is 31.1 Å². The fourth-order valence-electron chi connectivity index (χ4n) is 1.52. The number of aromatic nitrogens is 3. The van der Waals surface area contributed by atoms with Gasteiger partial charge in [0.25, 0.3) is 0 Å². The lowest BCUT2D eigenvalue weighted by molar-refractivity contribution is -0.119. The first kappa shape index (κ1) is 13.4. The van der Waals surface area contributed by atoms with E-state index in [0.29, 0.717) is 25.0 Å². The molecule has 1 heterocycles. The molecule has 0 aliphatic heterocycles. The predicted octanol–water partition coefficient (Wildman–Crippen LogP) is 2.36. The average Bonchev–Trinajstić information content (AvgIpc) is 2.72. The molecular formula is C11H18BrN3O. The van der Waals surface area contributed by atoms with Gasteiger partial charge in [0.2, 0.25) is 0 Å². The van der Waals surface area contributed by atoms with E-state index in [-0.39, 0.29) is 0 Å². The summed E-state index contributed by atoms with van der Waals surface area (Å²) in [6.07, 6.45) is 5.46. The maximum atomic E-state index is 11.5. The molecule has 0 spiro atoms. The van der Waals surface area contributed by atoms with E-state index in [9.17, 15) is 4.79 Å². The third-order valence-electron chi connectivity index (χ3n) is 2.35. The van der Waals surface area contributed by atoms with E-state index < -0.39 is 0 Å². The van der Waals surface area contributed by atoms with Crippen LogP contribution in [0.5, 0.6) is 0 Å². The van der Waals surface area contributed by atoms with Gasteiger partial charge in [-0.15, -0.1) is 0 Å². The molecule has 0 atom stereocenters. The molecule has 0 saturated heterocycles. The highest BCUT2D eigenvalue weighted by molar-refractivity contribution is 9.09. The summed E-state index contributed by atoms with van der Waals surface area (Å²) in [6.45, 7) is 2.98.